The van der Waals surface area contributed by atoms with E-state index in [1.165, 1.54) is 6.07 Å². The minimum atomic E-state index is -0.867. The van der Waals surface area contributed by atoms with Crippen LogP contribution < -0.4 is 10.2 Å². The minimum absolute atomic E-state index is 0.0215. The van der Waals surface area contributed by atoms with Gasteiger partial charge in [0.1, 0.15) is 0 Å². The normalized spacial score (nSPS) is 19.0. The fraction of sp³-hybridized carbons (Fsp3) is 0.444. The second-order valence-corrected chi connectivity index (χ2v) is 9.64. The van der Waals surface area contributed by atoms with Gasteiger partial charge in [-0.15, -0.1) is 0 Å². The highest BCUT2D eigenvalue weighted by molar-refractivity contribution is 6.20. The molecule has 0 aliphatic carbocycles. The zero-order chi connectivity index (χ0) is 24.6. The number of piperazine rings is 1. The van der Waals surface area contributed by atoms with Crippen LogP contribution in [-0.2, 0) is 4.79 Å². The van der Waals surface area contributed by atoms with Crippen LogP contribution in [0.1, 0.15) is 37.9 Å². The molecule has 2 heterocycles. The fourth-order valence-electron chi connectivity index (χ4n) is 4.55. The lowest BCUT2D eigenvalue weighted by Crippen LogP contribution is -2.44. The van der Waals surface area contributed by atoms with Crippen molar-refractivity contribution in [3.8, 4) is 11.1 Å². The smallest absolute Gasteiger partial charge is 0.254 e. The van der Waals surface area contributed by atoms with Crippen LogP contribution in [0.3, 0.4) is 0 Å². The van der Waals surface area contributed by atoms with Gasteiger partial charge in [-0.05, 0) is 56.6 Å². The number of nitrogens with zero attached hydrogens (tertiary/aromatic N) is 3. The van der Waals surface area contributed by atoms with Gasteiger partial charge in [0.05, 0.1) is 0 Å². The summed E-state index contributed by atoms with van der Waals surface area (Å²) >= 11 is 0. The van der Waals surface area contributed by atoms with Crippen molar-refractivity contribution in [2.24, 2.45) is 0 Å². The molecule has 5 nitrogen and oxygen atoms in total. The van der Waals surface area contributed by atoms with Crippen molar-refractivity contribution in [3.63, 3.8) is 0 Å². The molecule has 1 unspecified atom stereocenters. The van der Waals surface area contributed by atoms with Crippen molar-refractivity contribution in [3.05, 3.63) is 59.2 Å². The van der Waals surface area contributed by atoms with E-state index in [2.05, 4.69) is 22.2 Å². The molecule has 34 heavy (non-hydrogen) atoms. The van der Waals surface area contributed by atoms with Crippen LogP contribution >= 0.6 is 0 Å². The van der Waals surface area contributed by atoms with Crippen molar-refractivity contribution in [1.29, 1.82) is 0 Å². The van der Waals surface area contributed by atoms with E-state index in [9.17, 15) is 9.18 Å². The summed E-state index contributed by atoms with van der Waals surface area (Å²) in [6.07, 6.45) is 1.89. The summed E-state index contributed by atoms with van der Waals surface area (Å²) in [7, 11) is 3.84. The van der Waals surface area contributed by atoms with Gasteiger partial charge in [0.25, 0.3) is 5.91 Å². The minimum Gasteiger partial charge on any atom is -0.369 e. The first-order chi connectivity index (χ1) is 16.2. The molecular formula is C27H34F2N4O. The van der Waals surface area contributed by atoms with Crippen LogP contribution in [0.5, 0.6) is 0 Å². The highest BCUT2D eigenvalue weighted by Crippen LogP contribution is 2.36. The Labute approximate surface area is 201 Å². The van der Waals surface area contributed by atoms with E-state index >= 15 is 4.39 Å². The summed E-state index contributed by atoms with van der Waals surface area (Å²) in [4.78, 5) is 19.3. The standard InChI is InChI=1S/C27H34F2N4O/c1-17(2)32(5)27(34)22-8-9-30-18(3)21-7-6-19(14-24(21)22)23-15-20(16-25(28)26(23)29)33-12-10-31(4)11-13-33/h6-8,14-18,30H,9-13H2,1-5H3. The average molecular weight is 469 g/mol. The number of fused-ring (bicyclic) bond motifs is 1. The summed E-state index contributed by atoms with van der Waals surface area (Å²) in [5.74, 6) is -1.81. The van der Waals surface area contributed by atoms with Crippen molar-refractivity contribution in [1.82, 2.24) is 15.1 Å². The van der Waals surface area contributed by atoms with Crippen molar-refractivity contribution in [2.75, 3.05) is 51.7 Å². The summed E-state index contributed by atoms with van der Waals surface area (Å²) in [5.41, 5.74) is 3.77. The highest BCUT2D eigenvalue weighted by atomic mass is 19.2. The van der Waals surface area contributed by atoms with E-state index in [1.807, 2.05) is 45.0 Å². The molecule has 2 aromatic carbocycles. The number of halogens is 2. The first-order valence-electron chi connectivity index (χ1n) is 11.9. The van der Waals surface area contributed by atoms with E-state index in [-0.39, 0.29) is 23.6 Å². The molecule has 7 heteroatoms. The summed E-state index contributed by atoms with van der Waals surface area (Å²) in [6.45, 7) is 9.80. The van der Waals surface area contributed by atoms with E-state index in [0.29, 0.717) is 23.4 Å². The molecule has 182 valence electrons. The van der Waals surface area contributed by atoms with Gasteiger partial charge in [0.15, 0.2) is 11.6 Å². The Morgan fingerprint density at radius 2 is 1.79 bits per heavy atom. The van der Waals surface area contributed by atoms with E-state index in [4.69, 9.17) is 0 Å². The van der Waals surface area contributed by atoms with E-state index in [1.54, 1.807) is 18.0 Å². The molecule has 2 aliphatic rings. The third-order valence-corrected chi connectivity index (χ3v) is 7.06. The van der Waals surface area contributed by atoms with E-state index in [0.717, 1.165) is 37.3 Å². The number of likely N-dealkylation sites (N-methyl/N-ethyl adjacent to an activating group) is 2. The second-order valence-electron chi connectivity index (χ2n) is 9.64. The third kappa shape index (κ3) is 4.72. The highest BCUT2D eigenvalue weighted by Gasteiger charge is 2.26. The van der Waals surface area contributed by atoms with Gasteiger partial charge in [-0.3, -0.25) is 4.79 Å². The SMILES string of the molecule is CC1NCC=C(C(=O)N(C)C(C)C)c2cc(-c3cc(N4CCN(C)CC4)cc(F)c3F)ccc21. The maximum Gasteiger partial charge on any atom is 0.254 e. The van der Waals surface area contributed by atoms with Gasteiger partial charge < -0.3 is 20.0 Å². The van der Waals surface area contributed by atoms with Crippen molar-refractivity contribution < 1.29 is 13.6 Å². The average Bonchev–Trinajstić information content (AvgIpc) is 2.98. The molecule has 0 aromatic heterocycles. The lowest BCUT2D eigenvalue weighted by molar-refractivity contribution is -0.125. The summed E-state index contributed by atoms with van der Waals surface area (Å²) < 4.78 is 29.8. The fourth-order valence-corrected chi connectivity index (χ4v) is 4.55. The molecule has 2 aromatic rings. The monoisotopic (exact) mass is 468 g/mol. The largest absolute Gasteiger partial charge is 0.369 e. The molecule has 0 bridgehead atoms. The van der Waals surface area contributed by atoms with Crippen LogP contribution in [0.15, 0.2) is 36.4 Å². The molecule has 2 aliphatic heterocycles. The van der Waals surface area contributed by atoms with Crippen LogP contribution in [0.4, 0.5) is 14.5 Å². The number of hydrogen-bond donors (Lipinski definition) is 1. The number of anilines is 1. The molecule has 0 radical (unpaired) electrons. The number of hydrogen-bond acceptors (Lipinski definition) is 4. The molecule has 0 spiro atoms. The first-order valence-corrected chi connectivity index (χ1v) is 11.9. The number of nitrogens with one attached hydrogen (secondary N) is 1. The van der Waals surface area contributed by atoms with Crippen LogP contribution in [0.25, 0.3) is 16.7 Å². The Bertz CT molecular complexity index is 1110. The van der Waals surface area contributed by atoms with Gasteiger partial charge >= 0.3 is 0 Å². The van der Waals surface area contributed by atoms with Crippen LogP contribution in [-0.4, -0.2) is 68.6 Å². The molecule has 1 N–H and O–H groups in total. The van der Waals surface area contributed by atoms with Gasteiger partial charge in [-0.25, -0.2) is 8.78 Å². The zero-order valence-electron chi connectivity index (χ0n) is 20.7. The molecule has 1 fully saturated rings. The topological polar surface area (TPSA) is 38.8 Å². The Balaban J connectivity index is 1.79. The quantitative estimate of drug-likeness (QED) is 0.726. The summed E-state index contributed by atoms with van der Waals surface area (Å²) in [5, 5.41) is 3.40. The third-order valence-electron chi connectivity index (χ3n) is 7.06. The Morgan fingerprint density at radius 1 is 1.09 bits per heavy atom. The second kappa shape index (κ2) is 9.84. The van der Waals surface area contributed by atoms with Crippen LogP contribution in [0.2, 0.25) is 0 Å². The predicted molar refractivity (Wildman–Crippen MR) is 134 cm³/mol. The molecule has 0 saturated carbocycles. The van der Waals surface area contributed by atoms with Gasteiger partial charge in [-0.2, -0.15) is 0 Å². The van der Waals surface area contributed by atoms with Gasteiger partial charge in [-0.1, -0.05) is 18.2 Å². The molecule has 4 rings (SSSR count). The Kier molecular flexibility index (Phi) is 7.05. The van der Waals surface area contributed by atoms with Crippen LogP contribution in [0, 0.1) is 11.6 Å². The lowest BCUT2D eigenvalue weighted by atomic mass is 9.91. The molecular weight excluding hydrogens is 434 g/mol. The van der Waals surface area contributed by atoms with Gasteiger partial charge in [0.2, 0.25) is 0 Å². The Hall–Kier alpha value is -2.77. The summed E-state index contributed by atoms with van der Waals surface area (Å²) in [6, 6.07) is 8.66. The maximum atomic E-state index is 15.1. The van der Waals surface area contributed by atoms with Gasteiger partial charge in [0, 0.05) is 74.7 Å². The van der Waals surface area contributed by atoms with Crippen molar-refractivity contribution in [2.45, 2.75) is 32.9 Å². The number of carbonyl (C=O) groups is 1. The lowest BCUT2D eigenvalue weighted by Gasteiger charge is -2.34. The number of rotatable bonds is 4. The van der Waals surface area contributed by atoms with E-state index < -0.39 is 11.6 Å². The predicted octanol–water partition coefficient (Wildman–Crippen LogP) is 4.30. The maximum absolute atomic E-state index is 15.1. The molecule has 1 amide bonds. The number of amides is 1. The number of benzene rings is 2. The van der Waals surface area contributed by atoms with Crippen molar-refractivity contribution >= 4 is 17.2 Å². The molecule has 1 saturated heterocycles. The number of carbonyl (C=O) groups excluding carboxylic acids is 1. The first kappa shape index (κ1) is 24.4. The Morgan fingerprint density at radius 3 is 2.47 bits per heavy atom. The molecule has 1 atom stereocenters. The zero-order valence-corrected chi connectivity index (χ0v) is 20.7.